The third-order valence-corrected chi connectivity index (χ3v) is 5.38. The number of hydrogen-bond acceptors (Lipinski definition) is 5. The highest BCUT2D eigenvalue weighted by atomic mass is 35.5. The molecule has 2 aromatic rings. The van der Waals surface area contributed by atoms with E-state index in [0.29, 0.717) is 11.1 Å². The van der Waals surface area contributed by atoms with Crippen molar-refractivity contribution in [2.75, 3.05) is 11.8 Å². The maximum absolute atomic E-state index is 13.2. The lowest BCUT2D eigenvalue weighted by Crippen LogP contribution is -2.47. The summed E-state index contributed by atoms with van der Waals surface area (Å²) in [4.78, 5) is 11.8. The van der Waals surface area contributed by atoms with Gasteiger partial charge in [-0.05, 0) is 69.0 Å². The summed E-state index contributed by atoms with van der Waals surface area (Å²) < 4.78 is 57.1. The van der Waals surface area contributed by atoms with Gasteiger partial charge in [0, 0.05) is 24.1 Å². The molecule has 2 aromatic carbocycles. The van der Waals surface area contributed by atoms with E-state index in [-0.39, 0.29) is 24.6 Å². The molecule has 5 N–H and O–H groups in total. The minimum Gasteiger partial charge on any atom is -0.444 e. The number of alkyl halides is 2. The van der Waals surface area contributed by atoms with Crippen LogP contribution in [0.5, 0.6) is 0 Å². The maximum atomic E-state index is 13.2. The number of carbonyl (C=O) groups is 1. The Morgan fingerprint density at radius 2 is 1.27 bits per heavy atom. The normalized spacial score (nSPS) is 14.6. The summed E-state index contributed by atoms with van der Waals surface area (Å²) in [5, 5.41) is 21.6. The van der Waals surface area contributed by atoms with Crippen molar-refractivity contribution in [3.8, 4) is 0 Å². The third kappa shape index (κ3) is 13.3. The predicted octanol–water partition coefficient (Wildman–Crippen LogP) is 4.43. The van der Waals surface area contributed by atoms with Crippen LogP contribution in [0.4, 0.5) is 22.4 Å². The van der Waals surface area contributed by atoms with E-state index in [2.05, 4.69) is 5.32 Å². The minimum atomic E-state index is -1.08. The van der Waals surface area contributed by atoms with Crippen LogP contribution in [0, 0.1) is 23.3 Å². The second kappa shape index (κ2) is 15.3. The maximum Gasteiger partial charge on any atom is 0.407 e. The lowest BCUT2D eigenvalue weighted by molar-refractivity contribution is 0.0440. The number of nitrogens with one attached hydrogen (secondary N) is 1. The zero-order chi connectivity index (χ0) is 28.3. The third-order valence-electron chi connectivity index (χ3n) is 4.75. The van der Waals surface area contributed by atoms with Gasteiger partial charge in [-0.3, -0.25) is 0 Å². The lowest BCUT2D eigenvalue weighted by atomic mass is 10.0. The number of amides is 1. The summed E-state index contributed by atoms with van der Waals surface area (Å²) in [6.07, 6.45) is -2.50. The molecule has 0 saturated heterocycles. The number of aliphatic hydroxyl groups is 2. The average Bonchev–Trinajstić information content (AvgIpc) is 2.75. The smallest absolute Gasteiger partial charge is 0.407 e. The van der Waals surface area contributed by atoms with Crippen molar-refractivity contribution < 1.29 is 37.3 Å². The molecule has 208 valence electrons. The van der Waals surface area contributed by atoms with Crippen LogP contribution in [0.3, 0.4) is 0 Å². The van der Waals surface area contributed by atoms with Gasteiger partial charge in [-0.25, -0.2) is 22.4 Å². The van der Waals surface area contributed by atoms with Gasteiger partial charge in [0.25, 0.3) is 0 Å². The number of rotatable bonds is 9. The number of carbonyl (C=O) groups excluding carboxylic acids is 1. The molecule has 0 aromatic heterocycles. The Balaban J connectivity index is 0.000000397. The molecule has 0 fully saturated rings. The fourth-order valence-corrected chi connectivity index (χ4v) is 3.53. The molecule has 37 heavy (non-hydrogen) atoms. The molecule has 1 amide bonds. The molecule has 2 rings (SSSR count). The standard InChI is InChI=1S/C15H20ClF2NO3.C10H12ClF2NO/c1-15(2,3)22-14(21)19-12(13(20)8-16)6-9-4-10(17)7-11(18)5-9;11-5-10(15)9(14)3-6-1-7(12)4-8(13)2-6/h4-5,7,12-13,20H,6,8H2,1-3H3,(H,19,21);1-2,4,9-10,15H,3,5,14H2/t12-,13+;9-,10+/m00/s1. The molecule has 0 aliphatic heterocycles. The van der Waals surface area contributed by atoms with E-state index >= 15 is 0 Å². The predicted molar refractivity (Wildman–Crippen MR) is 135 cm³/mol. The van der Waals surface area contributed by atoms with Crippen molar-refractivity contribution in [3.63, 3.8) is 0 Å². The Morgan fingerprint density at radius 3 is 1.65 bits per heavy atom. The van der Waals surface area contributed by atoms with Gasteiger partial charge >= 0.3 is 6.09 Å². The summed E-state index contributed by atoms with van der Waals surface area (Å²) in [6.45, 7) is 5.09. The zero-order valence-electron chi connectivity index (χ0n) is 20.7. The van der Waals surface area contributed by atoms with E-state index in [1.54, 1.807) is 20.8 Å². The van der Waals surface area contributed by atoms with Crippen molar-refractivity contribution in [1.82, 2.24) is 5.32 Å². The van der Waals surface area contributed by atoms with Gasteiger partial charge in [0.05, 0.1) is 24.1 Å². The van der Waals surface area contributed by atoms with Crippen molar-refractivity contribution in [3.05, 3.63) is 70.8 Å². The first kappa shape index (κ1) is 32.9. The molecule has 0 aliphatic carbocycles. The van der Waals surface area contributed by atoms with Gasteiger partial charge in [-0.15, -0.1) is 23.2 Å². The van der Waals surface area contributed by atoms with Crippen LogP contribution in [0.2, 0.25) is 0 Å². The zero-order valence-corrected chi connectivity index (χ0v) is 22.2. The summed E-state index contributed by atoms with van der Waals surface area (Å²) in [5.74, 6) is -2.91. The van der Waals surface area contributed by atoms with Gasteiger partial charge in [0.1, 0.15) is 28.9 Å². The average molecular weight is 571 g/mol. The van der Waals surface area contributed by atoms with E-state index in [1.807, 2.05) is 0 Å². The van der Waals surface area contributed by atoms with Crippen LogP contribution in [0.1, 0.15) is 31.9 Å². The SMILES string of the molecule is CC(C)(C)OC(=O)N[C@@H](Cc1cc(F)cc(F)c1)[C@H](O)CCl.N[C@@H](Cc1cc(F)cc(F)c1)[C@H](O)CCl. The summed E-state index contributed by atoms with van der Waals surface area (Å²) in [6, 6.07) is 4.72. The second-order valence-electron chi connectivity index (χ2n) is 9.32. The molecule has 12 heteroatoms. The van der Waals surface area contributed by atoms with Gasteiger partial charge in [0.15, 0.2) is 0 Å². The number of alkyl carbamates (subject to hydrolysis) is 1. The summed E-state index contributed by atoms with van der Waals surface area (Å²) in [5.41, 5.74) is 5.58. The van der Waals surface area contributed by atoms with Gasteiger partial charge in [-0.1, -0.05) is 0 Å². The highest BCUT2D eigenvalue weighted by Gasteiger charge is 2.25. The Bertz CT molecular complexity index is 971. The van der Waals surface area contributed by atoms with E-state index in [9.17, 15) is 32.6 Å². The fourth-order valence-electron chi connectivity index (χ4n) is 3.08. The molecular weight excluding hydrogens is 539 g/mol. The van der Waals surface area contributed by atoms with Crippen LogP contribution >= 0.6 is 23.2 Å². The van der Waals surface area contributed by atoms with Crippen LogP contribution in [0.15, 0.2) is 36.4 Å². The number of nitrogens with two attached hydrogens (primary N) is 1. The topological polar surface area (TPSA) is 105 Å². The Hall–Kier alpha value is -2.11. The monoisotopic (exact) mass is 570 g/mol. The summed E-state index contributed by atoms with van der Waals surface area (Å²) in [7, 11) is 0. The lowest BCUT2D eigenvalue weighted by Gasteiger charge is -2.26. The molecule has 0 heterocycles. The van der Waals surface area contributed by atoms with Crippen LogP contribution < -0.4 is 11.1 Å². The molecule has 6 nitrogen and oxygen atoms in total. The summed E-state index contributed by atoms with van der Waals surface area (Å²) >= 11 is 11.0. The quantitative estimate of drug-likeness (QED) is 0.263. The fraction of sp³-hybridized carbons (Fsp3) is 0.480. The molecule has 0 radical (unpaired) electrons. The molecule has 0 unspecified atom stereocenters. The molecule has 0 saturated carbocycles. The van der Waals surface area contributed by atoms with Crippen LogP contribution in [-0.4, -0.2) is 58.0 Å². The molecule has 0 bridgehead atoms. The highest BCUT2D eigenvalue weighted by molar-refractivity contribution is 6.18. The largest absolute Gasteiger partial charge is 0.444 e. The van der Waals surface area contributed by atoms with Crippen LogP contribution in [-0.2, 0) is 17.6 Å². The Morgan fingerprint density at radius 1 is 0.865 bits per heavy atom. The Kier molecular flexibility index (Phi) is 13.6. The second-order valence-corrected chi connectivity index (χ2v) is 9.94. The van der Waals surface area contributed by atoms with E-state index in [1.165, 1.54) is 12.1 Å². The van der Waals surface area contributed by atoms with Crippen LogP contribution in [0.25, 0.3) is 0 Å². The number of ether oxygens (including phenoxy) is 1. The molecule has 4 atom stereocenters. The van der Waals surface area contributed by atoms with Crippen molar-refractivity contribution in [2.45, 2.75) is 63.5 Å². The van der Waals surface area contributed by atoms with E-state index in [4.69, 9.17) is 33.7 Å². The number of halogens is 6. The minimum absolute atomic E-state index is 0.00103. The number of hydrogen-bond donors (Lipinski definition) is 4. The van der Waals surface area contributed by atoms with Crippen molar-refractivity contribution >= 4 is 29.3 Å². The van der Waals surface area contributed by atoms with E-state index < -0.39 is 59.3 Å². The Labute approximate surface area is 223 Å². The van der Waals surface area contributed by atoms with E-state index in [0.717, 1.165) is 24.3 Å². The first-order valence-electron chi connectivity index (χ1n) is 11.3. The molecular formula is C25H32Cl2F4N2O4. The van der Waals surface area contributed by atoms with Crippen molar-refractivity contribution in [2.24, 2.45) is 5.73 Å². The van der Waals surface area contributed by atoms with Gasteiger partial charge in [-0.2, -0.15) is 0 Å². The van der Waals surface area contributed by atoms with Crippen molar-refractivity contribution in [1.29, 1.82) is 0 Å². The van der Waals surface area contributed by atoms with Gasteiger partial charge in [0.2, 0.25) is 0 Å². The molecule has 0 aliphatic rings. The highest BCUT2D eigenvalue weighted by Crippen LogP contribution is 2.14. The first-order chi connectivity index (χ1) is 17.1. The van der Waals surface area contributed by atoms with Gasteiger partial charge < -0.3 is 26.0 Å². The number of aliphatic hydroxyl groups excluding tert-OH is 2. The number of benzene rings is 2. The molecule has 0 spiro atoms. The first-order valence-corrected chi connectivity index (χ1v) is 12.3.